The van der Waals surface area contributed by atoms with Crippen molar-refractivity contribution in [1.82, 2.24) is 15.5 Å². The van der Waals surface area contributed by atoms with Gasteiger partial charge in [0.15, 0.2) is 0 Å². The second kappa shape index (κ2) is 6.54. The monoisotopic (exact) mass is 291 g/mol. The molecule has 2 aliphatic rings. The van der Waals surface area contributed by atoms with Crippen LogP contribution in [0.3, 0.4) is 0 Å². The summed E-state index contributed by atoms with van der Waals surface area (Å²) in [4.78, 5) is 14.2. The number of hydrogen-bond donors (Lipinski definition) is 2. The highest BCUT2D eigenvalue weighted by molar-refractivity contribution is 5.78. The largest absolute Gasteiger partial charge is 0.351 e. The molecule has 1 amide bonds. The average Bonchev–Trinajstić information content (AvgIpc) is 2.88. The van der Waals surface area contributed by atoms with Crippen LogP contribution in [0.1, 0.15) is 18.4 Å². The Morgan fingerprint density at radius 2 is 2.24 bits per heavy atom. The number of amides is 1. The van der Waals surface area contributed by atoms with Crippen LogP contribution in [-0.4, -0.2) is 43.0 Å². The Hall–Kier alpha value is -1.46. The highest BCUT2D eigenvalue weighted by Crippen LogP contribution is 2.24. The average molecular weight is 291 g/mol. The van der Waals surface area contributed by atoms with E-state index in [0.717, 1.165) is 19.6 Å². The maximum absolute atomic E-state index is 13.5. The van der Waals surface area contributed by atoms with E-state index in [9.17, 15) is 9.18 Å². The number of nitrogens with one attached hydrogen (secondary N) is 2. The summed E-state index contributed by atoms with van der Waals surface area (Å²) >= 11 is 0. The number of rotatable bonds is 4. The Bertz CT molecular complexity index is 494. The van der Waals surface area contributed by atoms with Gasteiger partial charge in [-0.1, -0.05) is 18.2 Å². The molecule has 5 heteroatoms. The standard InChI is InChI=1S/C16H22FN3O/c17-14-6-2-1-4-12(14)8-19-16(21)11-20-9-13-5-3-7-18-15(13)10-20/h1-2,4,6,13,15,18H,3,5,7-11H2,(H,19,21)/t13-,15+/m0/s1. The highest BCUT2D eigenvalue weighted by atomic mass is 19.1. The molecule has 4 nitrogen and oxygen atoms in total. The molecule has 114 valence electrons. The topological polar surface area (TPSA) is 44.4 Å². The predicted octanol–water partition coefficient (Wildman–Crippen LogP) is 1.13. The third kappa shape index (κ3) is 3.60. The van der Waals surface area contributed by atoms with Crippen LogP contribution in [0.25, 0.3) is 0 Å². The molecule has 0 unspecified atom stereocenters. The van der Waals surface area contributed by atoms with Crippen molar-refractivity contribution < 1.29 is 9.18 Å². The molecule has 2 saturated heterocycles. The molecule has 2 aliphatic heterocycles. The van der Waals surface area contributed by atoms with Crippen molar-refractivity contribution in [3.05, 3.63) is 35.6 Å². The van der Waals surface area contributed by atoms with Crippen LogP contribution in [0.4, 0.5) is 4.39 Å². The molecule has 2 heterocycles. The lowest BCUT2D eigenvalue weighted by molar-refractivity contribution is -0.122. The van der Waals surface area contributed by atoms with Gasteiger partial charge in [0.25, 0.3) is 0 Å². The molecular formula is C16H22FN3O. The Labute approximate surface area is 124 Å². The number of halogens is 1. The maximum atomic E-state index is 13.5. The van der Waals surface area contributed by atoms with Crippen molar-refractivity contribution >= 4 is 5.91 Å². The zero-order valence-corrected chi connectivity index (χ0v) is 12.1. The lowest BCUT2D eigenvalue weighted by Gasteiger charge is -2.24. The fourth-order valence-electron chi connectivity index (χ4n) is 3.36. The molecule has 0 aliphatic carbocycles. The first-order chi connectivity index (χ1) is 10.2. The second-order valence-electron chi connectivity index (χ2n) is 6.03. The van der Waals surface area contributed by atoms with Crippen molar-refractivity contribution in [3.63, 3.8) is 0 Å². The van der Waals surface area contributed by atoms with Gasteiger partial charge in [0, 0.05) is 31.2 Å². The molecule has 0 bridgehead atoms. The highest BCUT2D eigenvalue weighted by Gasteiger charge is 2.34. The first-order valence-electron chi connectivity index (χ1n) is 7.68. The molecule has 3 rings (SSSR count). The van der Waals surface area contributed by atoms with Crippen LogP contribution < -0.4 is 10.6 Å². The molecule has 2 fully saturated rings. The number of piperidine rings is 1. The summed E-state index contributed by atoms with van der Waals surface area (Å²) in [5.74, 6) is 0.379. The van der Waals surface area contributed by atoms with Crippen LogP contribution in [0.15, 0.2) is 24.3 Å². The van der Waals surface area contributed by atoms with Gasteiger partial charge in [0.05, 0.1) is 6.54 Å². The lowest BCUT2D eigenvalue weighted by atomic mass is 9.94. The summed E-state index contributed by atoms with van der Waals surface area (Å²) < 4.78 is 13.5. The molecule has 2 N–H and O–H groups in total. The van der Waals surface area contributed by atoms with Gasteiger partial charge < -0.3 is 10.6 Å². The van der Waals surface area contributed by atoms with Crippen LogP contribution in [0.2, 0.25) is 0 Å². The Morgan fingerprint density at radius 1 is 1.38 bits per heavy atom. The minimum atomic E-state index is -0.269. The summed E-state index contributed by atoms with van der Waals surface area (Å²) in [5.41, 5.74) is 0.530. The van der Waals surface area contributed by atoms with E-state index in [2.05, 4.69) is 15.5 Å². The van der Waals surface area contributed by atoms with Gasteiger partial charge in [-0.25, -0.2) is 4.39 Å². The summed E-state index contributed by atoms with van der Waals surface area (Å²) in [6.45, 7) is 3.69. The normalized spacial score (nSPS) is 25.6. The van der Waals surface area contributed by atoms with E-state index in [-0.39, 0.29) is 18.3 Å². The number of nitrogens with zero attached hydrogens (tertiary/aromatic N) is 1. The Morgan fingerprint density at radius 3 is 3.05 bits per heavy atom. The predicted molar refractivity (Wildman–Crippen MR) is 79.2 cm³/mol. The minimum absolute atomic E-state index is 0.0306. The van der Waals surface area contributed by atoms with Crippen LogP contribution >= 0.6 is 0 Å². The summed E-state index contributed by atoms with van der Waals surface area (Å²) in [5, 5.41) is 6.33. The van der Waals surface area contributed by atoms with E-state index in [1.165, 1.54) is 18.9 Å². The quantitative estimate of drug-likeness (QED) is 0.874. The van der Waals surface area contributed by atoms with Crippen molar-refractivity contribution in [1.29, 1.82) is 0 Å². The SMILES string of the molecule is O=C(CN1C[C@@H]2CCCN[C@@H]2C1)NCc1ccccc1F. The van der Waals surface area contributed by atoms with Gasteiger partial charge >= 0.3 is 0 Å². The molecular weight excluding hydrogens is 269 g/mol. The number of fused-ring (bicyclic) bond motifs is 1. The third-order valence-corrected chi connectivity index (χ3v) is 4.48. The molecule has 1 aromatic rings. The first kappa shape index (κ1) is 14.5. The van der Waals surface area contributed by atoms with Crippen molar-refractivity contribution in [2.75, 3.05) is 26.2 Å². The van der Waals surface area contributed by atoms with E-state index in [0.29, 0.717) is 24.1 Å². The van der Waals surface area contributed by atoms with Crippen molar-refractivity contribution in [2.45, 2.75) is 25.4 Å². The molecule has 0 aromatic heterocycles. The first-order valence-corrected chi connectivity index (χ1v) is 7.68. The number of likely N-dealkylation sites (tertiary alicyclic amines) is 1. The Kier molecular flexibility index (Phi) is 4.51. The van der Waals surface area contributed by atoms with Crippen LogP contribution in [0.5, 0.6) is 0 Å². The van der Waals surface area contributed by atoms with Gasteiger partial charge in [-0.05, 0) is 31.4 Å². The van der Waals surface area contributed by atoms with E-state index >= 15 is 0 Å². The second-order valence-corrected chi connectivity index (χ2v) is 6.03. The molecule has 2 atom stereocenters. The molecule has 0 saturated carbocycles. The zero-order valence-electron chi connectivity index (χ0n) is 12.1. The van der Waals surface area contributed by atoms with Gasteiger partial charge in [-0.15, -0.1) is 0 Å². The van der Waals surface area contributed by atoms with E-state index in [1.807, 2.05) is 0 Å². The fraction of sp³-hybridized carbons (Fsp3) is 0.562. The van der Waals surface area contributed by atoms with E-state index < -0.39 is 0 Å². The molecule has 0 spiro atoms. The Balaban J connectivity index is 1.45. The number of carbonyl (C=O) groups excluding carboxylic acids is 1. The molecule has 1 aromatic carbocycles. The molecule has 21 heavy (non-hydrogen) atoms. The smallest absolute Gasteiger partial charge is 0.234 e. The zero-order chi connectivity index (χ0) is 14.7. The van der Waals surface area contributed by atoms with Crippen LogP contribution in [-0.2, 0) is 11.3 Å². The third-order valence-electron chi connectivity index (χ3n) is 4.48. The summed E-state index contributed by atoms with van der Waals surface area (Å²) in [7, 11) is 0. The van der Waals surface area contributed by atoms with Crippen molar-refractivity contribution in [3.8, 4) is 0 Å². The summed E-state index contributed by atoms with van der Waals surface area (Å²) in [6.07, 6.45) is 2.49. The lowest BCUT2D eigenvalue weighted by Crippen LogP contribution is -2.41. The number of hydrogen-bond acceptors (Lipinski definition) is 3. The van der Waals surface area contributed by atoms with Crippen molar-refractivity contribution in [2.24, 2.45) is 5.92 Å². The van der Waals surface area contributed by atoms with Gasteiger partial charge in [0.2, 0.25) is 5.91 Å². The van der Waals surface area contributed by atoms with E-state index in [1.54, 1.807) is 18.2 Å². The fourth-order valence-corrected chi connectivity index (χ4v) is 3.36. The maximum Gasteiger partial charge on any atom is 0.234 e. The molecule has 0 radical (unpaired) electrons. The van der Waals surface area contributed by atoms with Gasteiger partial charge in [-0.3, -0.25) is 9.69 Å². The van der Waals surface area contributed by atoms with E-state index in [4.69, 9.17) is 0 Å². The summed E-state index contributed by atoms with van der Waals surface area (Å²) in [6, 6.07) is 7.08. The van der Waals surface area contributed by atoms with Gasteiger partial charge in [0.1, 0.15) is 5.82 Å². The minimum Gasteiger partial charge on any atom is -0.351 e. The van der Waals surface area contributed by atoms with Crippen LogP contribution in [0, 0.1) is 11.7 Å². The number of benzene rings is 1. The van der Waals surface area contributed by atoms with Gasteiger partial charge in [-0.2, -0.15) is 0 Å². The number of carbonyl (C=O) groups is 1.